The molecule has 0 saturated carbocycles. The van der Waals surface area contributed by atoms with Crippen LogP contribution < -0.4 is 14.2 Å². The van der Waals surface area contributed by atoms with Crippen LogP contribution in [0, 0.1) is 0 Å². The summed E-state index contributed by atoms with van der Waals surface area (Å²) >= 11 is 6.31. The van der Waals surface area contributed by atoms with Crippen molar-refractivity contribution in [3.05, 3.63) is 88.4 Å². The Morgan fingerprint density at radius 3 is 2.53 bits per heavy atom. The number of para-hydroxylation sites is 1. The maximum absolute atomic E-state index is 6.52. The van der Waals surface area contributed by atoms with Gasteiger partial charge in [0.25, 0.3) is 0 Å². The van der Waals surface area contributed by atoms with Crippen molar-refractivity contribution in [2.45, 2.75) is 32.5 Å². The second-order valence-electron chi connectivity index (χ2n) is 7.74. The molecule has 0 amide bonds. The van der Waals surface area contributed by atoms with E-state index in [0.717, 1.165) is 46.1 Å². The third-order valence-electron chi connectivity index (χ3n) is 5.71. The highest BCUT2D eigenvalue weighted by Gasteiger charge is 2.42. The van der Waals surface area contributed by atoms with E-state index < -0.39 is 6.23 Å². The largest absolute Gasteiger partial charge is 0.494 e. The fourth-order valence-electron chi connectivity index (χ4n) is 4.32. The van der Waals surface area contributed by atoms with E-state index in [0.29, 0.717) is 18.2 Å². The van der Waals surface area contributed by atoms with Gasteiger partial charge in [0.1, 0.15) is 5.75 Å². The Balaban J connectivity index is 1.56. The zero-order valence-electron chi connectivity index (χ0n) is 18.1. The molecule has 164 valence electrons. The molecule has 0 aromatic heterocycles. The molecule has 3 aromatic carbocycles. The number of benzene rings is 3. The fourth-order valence-corrected chi connectivity index (χ4v) is 4.52. The first-order valence-corrected chi connectivity index (χ1v) is 11.3. The summed E-state index contributed by atoms with van der Waals surface area (Å²) in [6.45, 7) is 5.18. The van der Waals surface area contributed by atoms with E-state index in [1.54, 1.807) is 0 Å². The minimum atomic E-state index is -0.395. The summed E-state index contributed by atoms with van der Waals surface area (Å²) in [5, 5.41) is 7.74. The third kappa shape index (κ3) is 3.78. The van der Waals surface area contributed by atoms with Gasteiger partial charge in [-0.1, -0.05) is 35.9 Å². The van der Waals surface area contributed by atoms with Gasteiger partial charge in [-0.25, -0.2) is 5.01 Å². The zero-order chi connectivity index (χ0) is 22.1. The van der Waals surface area contributed by atoms with E-state index in [2.05, 4.69) is 23.2 Å². The van der Waals surface area contributed by atoms with Crippen molar-refractivity contribution in [1.29, 1.82) is 0 Å². The molecule has 2 aliphatic rings. The van der Waals surface area contributed by atoms with Crippen LogP contribution in [0.2, 0.25) is 5.02 Å². The lowest BCUT2D eigenvalue weighted by atomic mass is 9.95. The lowest BCUT2D eigenvalue weighted by molar-refractivity contribution is -0.0212. The van der Waals surface area contributed by atoms with Crippen LogP contribution in [0.1, 0.15) is 49.2 Å². The minimum Gasteiger partial charge on any atom is -0.494 e. The molecule has 32 heavy (non-hydrogen) atoms. The van der Waals surface area contributed by atoms with Crippen LogP contribution in [-0.2, 0) is 0 Å². The molecule has 0 N–H and O–H groups in total. The third-order valence-corrected chi connectivity index (χ3v) is 5.95. The SMILES string of the molecule is CCOc1ccc(C2=NN3[C@H](C2)c2cccc(OCC)c2O[C@@H]3c2cccc(Cl)c2)cc1. The Hall–Kier alpha value is -3.18. The van der Waals surface area contributed by atoms with Crippen LogP contribution >= 0.6 is 11.6 Å². The standard InChI is InChI=1S/C26H25ClN2O3/c1-3-30-20-13-11-17(12-14-20)22-16-23-21-9-6-10-24(31-4-2)25(21)32-26(29(23)28-22)18-7-5-8-19(27)15-18/h5-15,23,26H,3-4,16H2,1-2H3/t23-,26-/m1/s1. The van der Waals surface area contributed by atoms with Gasteiger partial charge in [-0.3, -0.25) is 0 Å². The van der Waals surface area contributed by atoms with Crippen LogP contribution in [0.3, 0.4) is 0 Å². The topological polar surface area (TPSA) is 43.3 Å². The molecule has 0 radical (unpaired) electrons. The molecule has 5 nitrogen and oxygen atoms in total. The van der Waals surface area contributed by atoms with E-state index in [-0.39, 0.29) is 6.04 Å². The van der Waals surface area contributed by atoms with Crippen molar-refractivity contribution >= 4 is 17.3 Å². The highest BCUT2D eigenvalue weighted by Crippen LogP contribution is 2.50. The normalized spacial score (nSPS) is 19.0. The average Bonchev–Trinajstić information content (AvgIpc) is 3.25. The molecule has 0 bridgehead atoms. The van der Waals surface area contributed by atoms with Crippen molar-refractivity contribution in [3.63, 3.8) is 0 Å². The van der Waals surface area contributed by atoms with Gasteiger partial charge in [0.15, 0.2) is 11.5 Å². The number of ether oxygens (including phenoxy) is 3. The van der Waals surface area contributed by atoms with E-state index in [9.17, 15) is 0 Å². The molecule has 0 spiro atoms. The lowest BCUT2D eigenvalue weighted by Gasteiger charge is -2.38. The maximum Gasteiger partial charge on any atom is 0.214 e. The van der Waals surface area contributed by atoms with Crippen molar-refractivity contribution < 1.29 is 14.2 Å². The summed E-state index contributed by atoms with van der Waals surface area (Å²) in [6, 6.07) is 22.0. The first-order chi connectivity index (χ1) is 15.7. The molecule has 0 saturated heterocycles. The fraction of sp³-hybridized carbons (Fsp3) is 0.269. The molecule has 3 aromatic rings. The summed E-state index contributed by atoms with van der Waals surface area (Å²) in [7, 11) is 0. The monoisotopic (exact) mass is 448 g/mol. The Morgan fingerprint density at radius 1 is 1.00 bits per heavy atom. The molecule has 0 aliphatic carbocycles. The van der Waals surface area contributed by atoms with Gasteiger partial charge in [-0.05, 0) is 61.9 Å². The maximum atomic E-state index is 6.52. The molecular formula is C26H25ClN2O3. The quantitative estimate of drug-likeness (QED) is 0.439. The van der Waals surface area contributed by atoms with Gasteiger partial charge in [-0.2, -0.15) is 5.10 Å². The lowest BCUT2D eigenvalue weighted by Crippen LogP contribution is -2.33. The van der Waals surface area contributed by atoms with Crippen molar-refractivity contribution in [2.24, 2.45) is 5.10 Å². The summed E-state index contributed by atoms with van der Waals surface area (Å²) in [5.41, 5.74) is 4.13. The van der Waals surface area contributed by atoms with Crippen LogP contribution in [0.15, 0.2) is 71.8 Å². The van der Waals surface area contributed by atoms with Gasteiger partial charge < -0.3 is 14.2 Å². The van der Waals surface area contributed by atoms with Gasteiger partial charge in [-0.15, -0.1) is 0 Å². The number of rotatable bonds is 6. The second-order valence-corrected chi connectivity index (χ2v) is 8.17. The molecule has 0 unspecified atom stereocenters. The van der Waals surface area contributed by atoms with E-state index in [1.165, 1.54) is 0 Å². The van der Waals surface area contributed by atoms with Gasteiger partial charge in [0.2, 0.25) is 6.23 Å². The number of hydrogen-bond donors (Lipinski definition) is 0. The molecule has 5 rings (SSSR count). The van der Waals surface area contributed by atoms with Crippen LogP contribution in [0.5, 0.6) is 17.2 Å². The predicted octanol–water partition coefficient (Wildman–Crippen LogP) is 6.38. The summed E-state index contributed by atoms with van der Waals surface area (Å²) in [6.07, 6.45) is 0.379. The second kappa shape index (κ2) is 8.75. The highest BCUT2D eigenvalue weighted by atomic mass is 35.5. The number of fused-ring (bicyclic) bond motifs is 3. The Morgan fingerprint density at radius 2 is 1.78 bits per heavy atom. The van der Waals surface area contributed by atoms with Crippen molar-refractivity contribution in [2.75, 3.05) is 13.2 Å². The zero-order valence-corrected chi connectivity index (χ0v) is 18.9. The molecule has 6 heteroatoms. The molecule has 2 aliphatic heterocycles. The minimum absolute atomic E-state index is 0.0460. The molecular weight excluding hydrogens is 424 g/mol. The van der Waals surface area contributed by atoms with Crippen molar-refractivity contribution in [1.82, 2.24) is 5.01 Å². The van der Waals surface area contributed by atoms with E-state index >= 15 is 0 Å². The summed E-state index contributed by atoms with van der Waals surface area (Å²) in [4.78, 5) is 0. The molecule has 2 heterocycles. The van der Waals surface area contributed by atoms with Gasteiger partial charge in [0, 0.05) is 22.6 Å². The molecule has 2 atom stereocenters. The highest BCUT2D eigenvalue weighted by molar-refractivity contribution is 6.30. The Kier molecular flexibility index (Phi) is 5.66. The van der Waals surface area contributed by atoms with Gasteiger partial charge >= 0.3 is 0 Å². The number of hydrogen-bond acceptors (Lipinski definition) is 5. The van der Waals surface area contributed by atoms with E-state index in [4.69, 9.17) is 30.9 Å². The summed E-state index contributed by atoms with van der Waals surface area (Å²) in [5.74, 6) is 2.40. The average molecular weight is 449 g/mol. The number of halogens is 1. The van der Waals surface area contributed by atoms with E-state index in [1.807, 2.05) is 62.4 Å². The van der Waals surface area contributed by atoms with Crippen LogP contribution in [0.4, 0.5) is 0 Å². The molecule has 0 fully saturated rings. The Labute approximate surface area is 193 Å². The van der Waals surface area contributed by atoms with Crippen LogP contribution in [-0.4, -0.2) is 23.9 Å². The predicted molar refractivity (Wildman–Crippen MR) is 126 cm³/mol. The first kappa shape index (κ1) is 20.7. The van der Waals surface area contributed by atoms with Crippen LogP contribution in [0.25, 0.3) is 0 Å². The Bertz CT molecular complexity index is 1150. The number of hydrazone groups is 1. The number of nitrogens with zero attached hydrogens (tertiary/aromatic N) is 2. The van der Waals surface area contributed by atoms with Crippen molar-refractivity contribution in [3.8, 4) is 17.2 Å². The smallest absolute Gasteiger partial charge is 0.214 e. The first-order valence-electron chi connectivity index (χ1n) is 10.9. The van der Waals surface area contributed by atoms with Gasteiger partial charge in [0.05, 0.1) is 25.0 Å². The summed E-state index contributed by atoms with van der Waals surface area (Å²) < 4.78 is 18.0.